The number of carbonyl (C=O) groups is 1. The fourth-order valence-corrected chi connectivity index (χ4v) is 8.19. The number of nitrogens with one attached hydrogen (secondary N) is 2. The zero-order valence-electron chi connectivity index (χ0n) is 35.4. The first-order chi connectivity index (χ1) is 25.2. The van der Waals surface area contributed by atoms with Crippen LogP contribution in [0.5, 0.6) is 0 Å². The van der Waals surface area contributed by atoms with Crippen LogP contribution in [0.25, 0.3) is 0 Å². The lowest BCUT2D eigenvalue weighted by molar-refractivity contribution is -0.595. The highest BCUT2D eigenvalue weighted by Gasteiger charge is 2.30. The molecule has 1 aliphatic rings. The minimum atomic E-state index is 0.0772. The molecule has 0 aliphatic carbocycles. The van der Waals surface area contributed by atoms with Crippen LogP contribution in [0.3, 0.4) is 0 Å². The zero-order chi connectivity index (χ0) is 36.7. The van der Waals surface area contributed by atoms with Crippen molar-refractivity contribution in [3.05, 3.63) is 0 Å². The highest BCUT2D eigenvalue weighted by atomic mass is 16.1. The molecule has 0 bridgehead atoms. The molecule has 0 fully saturated rings. The molecular formula is C47H94N3O+. The first-order valence-electron chi connectivity index (χ1n) is 23.8. The second-order valence-electron chi connectivity index (χ2n) is 16.7. The lowest BCUT2D eigenvalue weighted by atomic mass is 10.0. The largest absolute Gasteiger partial charge is 0.299 e. The third kappa shape index (κ3) is 32.3. The molecule has 302 valence electrons. The van der Waals surface area contributed by atoms with Crippen molar-refractivity contribution in [1.29, 1.82) is 0 Å². The summed E-state index contributed by atoms with van der Waals surface area (Å²) in [5.41, 5.74) is 0. The summed E-state index contributed by atoms with van der Waals surface area (Å²) in [7, 11) is 0. The Morgan fingerprint density at radius 3 is 1.14 bits per heavy atom. The fraction of sp³-hybridized carbons (Fsp3) is 0.957. The summed E-state index contributed by atoms with van der Waals surface area (Å²) in [4.78, 5) is 12.7. The van der Waals surface area contributed by atoms with Crippen molar-refractivity contribution in [2.24, 2.45) is 0 Å². The summed E-state index contributed by atoms with van der Waals surface area (Å²) in [5, 5.41) is 6.93. The highest BCUT2D eigenvalue weighted by molar-refractivity contribution is 5.76. The number of unbranched alkanes of at least 4 members (excludes halogenated alkanes) is 35. The molecule has 0 saturated heterocycles. The Morgan fingerprint density at radius 1 is 0.510 bits per heavy atom. The topological polar surface area (TPSA) is 44.1 Å². The smallest absolute Gasteiger partial charge is 0.226 e. The lowest BCUT2D eigenvalue weighted by Gasteiger charge is -2.17. The Morgan fingerprint density at radius 2 is 0.804 bits per heavy atom. The van der Waals surface area contributed by atoms with E-state index in [-0.39, 0.29) is 12.1 Å². The van der Waals surface area contributed by atoms with Crippen LogP contribution in [0.1, 0.15) is 271 Å². The van der Waals surface area contributed by atoms with E-state index in [1.165, 1.54) is 238 Å². The van der Waals surface area contributed by atoms with E-state index in [9.17, 15) is 4.79 Å². The normalized spacial score (nSPS) is 15.0. The Labute approximate surface area is 321 Å². The van der Waals surface area contributed by atoms with Gasteiger partial charge >= 0.3 is 0 Å². The van der Waals surface area contributed by atoms with Gasteiger partial charge in [-0.05, 0) is 12.8 Å². The van der Waals surface area contributed by atoms with Crippen molar-refractivity contribution in [3.8, 4) is 0 Å². The van der Waals surface area contributed by atoms with Crippen molar-refractivity contribution >= 4 is 12.1 Å². The second kappa shape index (κ2) is 38.8. The van der Waals surface area contributed by atoms with Gasteiger partial charge in [0.05, 0.1) is 6.54 Å². The highest BCUT2D eigenvalue weighted by Crippen LogP contribution is 2.17. The molecule has 1 aliphatic heterocycles. The molecule has 2 N–H and O–H groups in total. The molecule has 51 heavy (non-hydrogen) atoms. The van der Waals surface area contributed by atoms with E-state index < -0.39 is 0 Å². The molecule has 1 rings (SSSR count). The molecule has 0 aromatic heterocycles. The molecule has 2 unspecified atom stereocenters. The van der Waals surface area contributed by atoms with Crippen LogP contribution in [0.15, 0.2) is 0 Å². The van der Waals surface area contributed by atoms with Crippen LogP contribution in [0.2, 0.25) is 0 Å². The molecule has 4 nitrogen and oxygen atoms in total. The van der Waals surface area contributed by atoms with Gasteiger partial charge in [-0.1, -0.05) is 239 Å². The van der Waals surface area contributed by atoms with E-state index >= 15 is 0 Å². The summed E-state index contributed by atoms with van der Waals surface area (Å²) < 4.78 is 2.36. The van der Waals surface area contributed by atoms with Gasteiger partial charge in [0.1, 0.15) is 0 Å². The number of rotatable bonds is 41. The summed E-state index contributed by atoms with van der Waals surface area (Å²) in [6.07, 6.45) is 56.5. The molecule has 2 atom stereocenters. The van der Waals surface area contributed by atoms with Gasteiger partial charge in [0.25, 0.3) is 0 Å². The van der Waals surface area contributed by atoms with Gasteiger partial charge in [-0.15, -0.1) is 0 Å². The number of amides is 1. The van der Waals surface area contributed by atoms with Crippen LogP contribution in [-0.2, 0) is 4.79 Å². The van der Waals surface area contributed by atoms with Crippen molar-refractivity contribution in [1.82, 2.24) is 10.6 Å². The van der Waals surface area contributed by atoms with Gasteiger partial charge in [-0.2, -0.15) is 0 Å². The van der Waals surface area contributed by atoms with Crippen molar-refractivity contribution in [2.45, 2.75) is 284 Å². The maximum Gasteiger partial charge on any atom is 0.226 e. The van der Waals surface area contributed by atoms with Gasteiger partial charge < -0.3 is 0 Å². The monoisotopic (exact) mass is 717 g/mol. The van der Waals surface area contributed by atoms with Crippen LogP contribution < -0.4 is 10.6 Å². The summed E-state index contributed by atoms with van der Waals surface area (Å²) in [5.74, 6) is 0.223. The van der Waals surface area contributed by atoms with E-state index in [2.05, 4.69) is 42.2 Å². The Bertz CT molecular complexity index is 752. The van der Waals surface area contributed by atoms with E-state index in [1.807, 2.05) is 0 Å². The van der Waals surface area contributed by atoms with Crippen LogP contribution >= 0.6 is 0 Å². The zero-order valence-corrected chi connectivity index (χ0v) is 35.4. The molecule has 0 aromatic rings. The lowest BCUT2D eigenvalue weighted by Crippen LogP contribution is -2.46. The maximum atomic E-state index is 12.7. The molecular weight excluding hydrogens is 623 g/mol. The number of nitrogens with zero attached hydrogens (tertiary/aromatic N) is 1. The molecule has 4 heteroatoms. The number of hydrogen-bond acceptors (Lipinski definition) is 2. The number of hydrogen-bond donors (Lipinski definition) is 2. The van der Waals surface area contributed by atoms with Crippen molar-refractivity contribution in [2.75, 3.05) is 6.54 Å². The van der Waals surface area contributed by atoms with Gasteiger partial charge in [0.15, 0.2) is 6.21 Å². The quantitative estimate of drug-likeness (QED) is 0.0489. The Balaban J connectivity index is 1.87. The third-order valence-corrected chi connectivity index (χ3v) is 11.7. The summed E-state index contributed by atoms with van der Waals surface area (Å²) >= 11 is 0. The summed E-state index contributed by atoms with van der Waals surface area (Å²) in [6.45, 7) is 7.67. The molecule has 0 spiro atoms. The van der Waals surface area contributed by atoms with Crippen LogP contribution in [0, 0.1) is 0 Å². The summed E-state index contributed by atoms with van der Waals surface area (Å²) in [6, 6.07) is 0. The number of carbonyl (C=O) groups excluding carboxylic acids is 1. The third-order valence-electron chi connectivity index (χ3n) is 11.7. The van der Waals surface area contributed by atoms with Crippen molar-refractivity contribution in [3.63, 3.8) is 0 Å². The first kappa shape index (κ1) is 48.1. The second-order valence-corrected chi connectivity index (χ2v) is 16.7. The SMILES string of the molecule is CCCCCCCCCCCCCCCCCCCCCCC1NCC=[N+]1C(C)NC(=O)CCCCCCCCCCCCCCCCCCC. The van der Waals surface area contributed by atoms with E-state index in [0.717, 1.165) is 13.0 Å². The Hall–Kier alpha value is -0.900. The molecule has 0 saturated carbocycles. The van der Waals surface area contributed by atoms with Gasteiger partial charge in [-0.3, -0.25) is 10.1 Å². The van der Waals surface area contributed by atoms with Gasteiger partial charge in [-0.25, -0.2) is 9.89 Å². The van der Waals surface area contributed by atoms with Crippen molar-refractivity contribution < 1.29 is 9.37 Å². The standard InChI is InChI=1S/C47H93N3O/c1-4-6-8-10-12-14-16-18-20-22-23-24-26-27-29-31-33-35-37-39-41-46-48-43-44-50(46)45(3)49-47(51)42-40-38-36-34-32-30-28-25-21-19-17-15-13-11-9-7-5-2/h44-46,48H,4-43H2,1-3H3/p+1. The minimum absolute atomic E-state index is 0.0772. The predicted molar refractivity (Wildman–Crippen MR) is 227 cm³/mol. The fourth-order valence-electron chi connectivity index (χ4n) is 8.19. The average molecular weight is 717 g/mol. The predicted octanol–water partition coefficient (Wildman–Crippen LogP) is 14.7. The average Bonchev–Trinajstić information content (AvgIpc) is 3.61. The maximum absolute atomic E-state index is 12.7. The molecule has 0 radical (unpaired) electrons. The molecule has 1 amide bonds. The minimum Gasteiger partial charge on any atom is -0.299 e. The molecule has 1 heterocycles. The van der Waals surface area contributed by atoms with E-state index in [4.69, 9.17) is 0 Å². The Kier molecular flexibility index (Phi) is 36.6. The first-order valence-corrected chi connectivity index (χ1v) is 23.8. The molecule has 0 aromatic carbocycles. The van der Waals surface area contributed by atoms with Crippen LogP contribution in [0.4, 0.5) is 0 Å². The van der Waals surface area contributed by atoms with Crippen LogP contribution in [-0.4, -0.2) is 35.6 Å². The van der Waals surface area contributed by atoms with Gasteiger partial charge in [0.2, 0.25) is 18.2 Å². The van der Waals surface area contributed by atoms with E-state index in [1.54, 1.807) is 0 Å². The van der Waals surface area contributed by atoms with Gasteiger partial charge in [0, 0.05) is 19.8 Å². The van der Waals surface area contributed by atoms with E-state index in [0.29, 0.717) is 12.6 Å².